The fourth-order valence-electron chi connectivity index (χ4n) is 1.03. The van der Waals surface area contributed by atoms with Crippen LogP contribution in [0.25, 0.3) is 10.4 Å². The van der Waals surface area contributed by atoms with Gasteiger partial charge in [-0.3, -0.25) is 0 Å². The van der Waals surface area contributed by atoms with Gasteiger partial charge in [-0.15, -0.1) is 0 Å². The molecule has 1 aromatic carbocycles. The number of nitrogens with one attached hydrogen (secondary N) is 1. The summed E-state index contributed by atoms with van der Waals surface area (Å²) in [4.78, 5) is 2.72. The van der Waals surface area contributed by atoms with Crippen molar-refractivity contribution < 1.29 is 0 Å². The molecule has 74 valence electrons. The fraction of sp³-hybridized carbons (Fsp3) is 0.333. The second-order valence-electron chi connectivity index (χ2n) is 2.72. The van der Waals surface area contributed by atoms with Gasteiger partial charge >= 0.3 is 0 Å². The minimum atomic E-state index is 0.658. The van der Waals surface area contributed by atoms with E-state index in [1.165, 1.54) is 5.56 Å². The van der Waals surface area contributed by atoms with E-state index in [1.807, 2.05) is 24.3 Å². The second-order valence-corrected chi connectivity index (χ2v) is 3.80. The Morgan fingerprint density at radius 3 is 2.64 bits per heavy atom. The Morgan fingerprint density at radius 1 is 1.36 bits per heavy atom. The van der Waals surface area contributed by atoms with Gasteiger partial charge in [0.15, 0.2) is 0 Å². The van der Waals surface area contributed by atoms with E-state index < -0.39 is 0 Å². The zero-order valence-corrected chi connectivity index (χ0v) is 9.81. The normalized spacial score (nSPS) is 9.50. The van der Waals surface area contributed by atoms with E-state index in [9.17, 15) is 0 Å². The molecule has 0 unspecified atom stereocenters. The van der Waals surface area contributed by atoms with Crippen LogP contribution in [0.15, 0.2) is 29.4 Å². The second kappa shape index (κ2) is 6.64. The first-order chi connectivity index (χ1) is 6.86. The average Bonchev–Trinajstić information content (AvgIpc) is 2.21. The number of alkyl halides is 1. The highest BCUT2D eigenvalue weighted by Gasteiger charge is 1.92. The first kappa shape index (κ1) is 11.3. The third-order valence-electron chi connectivity index (χ3n) is 1.70. The van der Waals surface area contributed by atoms with Crippen molar-refractivity contribution in [2.45, 2.75) is 6.54 Å². The summed E-state index contributed by atoms with van der Waals surface area (Å²) in [6.07, 6.45) is 0. The molecular weight excluding hydrogens is 291 g/mol. The predicted molar refractivity (Wildman–Crippen MR) is 65.8 cm³/mol. The highest BCUT2D eigenvalue weighted by Crippen LogP contribution is 2.12. The average molecular weight is 302 g/mol. The lowest BCUT2D eigenvalue weighted by atomic mass is 10.2. The van der Waals surface area contributed by atoms with Crippen molar-refractivity contribution >= 4 is 28.3 Å². The molecule has 1 aromatic rings. The Hall–Kier alpha value is -0.780. The maximum absolute atomic E-state index is 8.21. The minimum Gasteiger partial charge on any atom is -0.312 e. The molecule has 1 N–H and O–H groups in total. The highest BCUT2D eigenvalue weighted by atomic mass is 127. The molecular formula is C9H11IN4. The van der Waals surface area contributed by atoms with E-state index >= 15 is 0 Å². The molecule has 0 aromatic heterocycles. The summed E-state index contributed by atoms with van der Waals surface area (Å²) in [5.74, 6) is 0. The van der Waals surface area contributed by atoms with E-state index in [4.69, 9.17) is 5.53 Å². The summed E-state index contributed by atoms with van der Waals surface area (Å²) >= 11 is 2.33. The Balaban J connectivity index is 2.50. The van der Waals surface area contributed by atoms with Gasteiger partial charge in [0.2, 0.25) is 0 Å². The molecule has 0 amide bonds. The number of nitrogens with zero attached hydrogens (tertiary/aromatic N) is 3. The zero-order chi connectivity index (χ0) is 10.2. The third-order valence-corrected chi connectivity index (χ3v) is 2.24. The molecule has 0 aliphatic heterocycles. The van der Waals surface area contributed by atoms with E-state index in [0.717, 1.165) is 17.5 Å². The van der Waals surface area contributed by atoms with Crippen LogP contribution in [-0.4, -0.2) is 11.0 Å². The number of halogens is 1. The number of azide groups is 1. The summed E-state index contributed by atoms with van der Waals surface area (Å²) in [5, 5.41) is 6.80. The first-order valence-electron chi connectivity index (χ1n) is 4.27. The van der Waals surface area contributed by atoms with Gasteiger partial charge in [0, 0.05) is 28.1 Å². The van der Waals surface area contributed by atoms with Crippen LogP contribution in [-0.2, 0) is 6.54 Å². The molecule has 0 saturated carbocycles. The molecule has 0 atom stereocenters. The maximum atomic E-state index is 8.21. The van der Waals surface area contributed by atoms with Crippen LogP contribution in [0.5, 0.6) is 0 Å². The zero-order valence-electron chi connectivity index (χ0n) is 7.65. The first-order valence-corrected chi connectivity index (χ1v) is 5.80. The topological polar surface area (TPSA) is 60.8 Å². The number of hydrogen-bond acceptors (Lipinski definition) is 2. The Kier molecular flexibility index (Phi) is 5.36. The van der Waals surface area contributed by atoms with Crippen molar-refractivity contribution in [3.8, 4) is 0 Å². The molecule has 0 saturated heterocycles. The number of hydrogen-bond donors (Lipinski definition) is 1. The molecule has 0 aliphatic rings. The van der Waals surface area contributed by atoms with E-state index in [2.05, 4.69) is 37.9 Å². The van der Waals surface area contributed by atoms with Crippen LogP contribution in [0.3, 0.4) is 0 Å². The Morgan fingerprint density at radius 2 is 2.07 bits per heavy atom. The van der Waals surface area contributed by atoms with Crippen molar-refractivity contribution in [3.05, 3.63) is 40.3 Å². The monoisotopic (exact) mass is 302 g/mol. The molecule has 0 fully saturated rings. The van der Waals surface area contributed by atoms with Crippen LogP contribution >= 0.6 is 22.6 Å². The summed E-state index contributed by atoms with van der Waals surface area (Å²) in [6, 6.07) is 7.57. The lowest BCUT2D eigenvalue weighted by Crippen LogP contribution is -2.15. The van der Waals surface area contributed by atoms with Gasteiger partial charge in [-0.05, 0) is 11.1 Å². The van der Waals surface area contributed by atoms with Crippen LogP contribution in [0.4, 0.5) is 5.69 Å². The molecule has 4 nitrogen and oxygen atoms in total. The summed E-state index contributed by atoms with van der Waals surface area (Å²) in [5.41, 5.74) is 10.1. The lowest BCUT2D eigenvalue weighted by molar-refractivity contribution is 0.737. The molecule has 14 heavy (non-hydrogen) atoms. The van der Waals surface area contributed by atoms with Gasteiger partial charge in [0.05, 0.1) is 0 Å². The molecule has 1 rings (SSSR count). The van der Waals surface area contributed by atoms with Crippen molar-refractivity contribution in [1.29, 1.82) is 0 Å². The molecule has 0 radical (unpaired) electrons. The maximum Gasteiger partial charge on any atom is 0.0375 e. The molecule has 0 bridgehead atoms. The van der Waals surface area contributed by atoms with Gasteiger partial charge in [0.25, 0.3) is 0 Å². The number of benzene rings is 1. The van der Waals surface area contributed by atoms with Gasteiger partial charge in [-0.25, -0.2) is 0 Å². The van der Waals surface area contributed by atoms with Gasteiger partial charge in [-0.1, -0.05) is 52.0 Å². The van der Waals surface area contributed by atoms with E-state index in [1.54, 1.807) is 0 Å². The quantitative estimate of drug-likeness (QED) is 0.223. The molecule has 5 heteroatoms. The summed E-state index contributed by atoms with van der Waals surface area (Å²) in [6.45, 7) is 1.87. The van der Waals surface area contributed by atoms with Crippen molar-refractivity contribution in [3.63, 3.8) is 0 Å². The highest BCUT2D eigenvalue weighted by molar-refractivity contribution is 14.1. The van der Waals surface area contributed by atoms with Gasteiger partial charge in [-0.2, -0.15) is 0 Å². The molecule has 0 heterocycles. The Labute approximate surface area is 96.5 Å². The minimum absolute atomic E-state index is 0.658. The third kappa shape index (κ3) is 3.95. The largest absolute Gasteiger partial charge is 0.312 e. The predicted octanol–water partition coefficient (Wildman–Crippen LogP) is 3.15. The van der Waals surface area contributed by atoms with Crippen LogP contribution < -0.4 is 5.32 Å². The van der Waals surface area contributed by atoms with Crippen molar-refractivity contribution in [2.75, 3.05) is 11.0 Å². The van der Waals surface area contributed by atoms with E-state index in [-0.39, 0.29) is 0 Å². The number of rotatable bonds is 5. The smallest absolute Gasteiger partial charge is 0.0375 e. The van der Waals surface area contributed by atoms with Gasteiger partial charge in [0.1, 0.15) is 0 Å². The van der Waals surface area contributed by atoms with Crippen molar-refractivity contribution in [1.82, 2.24) is 5.32 Å². The van der Waals surface area contributed by atoms with Crippen LogP contribution in [0.1, 0.15) is 5.56 Å². The lowest BCUT2D eigenvalue weighted by Gasteiger charge is -2.02. The fourth-order valence-corrected chi connectivity index (χ4v) is 1.41. The van der Waals surface area contributed by atoms with E-state index in [0.29, 0.717) is 5.69 Å². The standard InChI is InChI=1S/C9H11IN4/c10-5-6-12-7-8-1-3-9(4-2-8)13-14-11/h1-4,12H,5-7H2. The Bertz CT molecular complexity index is 316. The van der Waals surface area contributed by atoms with Crippen molar-refractivity contribution in [2.24, 2.45) is 5.11 Å². The SMILES string of the molecule is [N-]=[N+]=Nc1ccc(CNCCI)cc1. The summed E-state index contributed by atoms with van der Waals surface area (Å²) in [7, 11) is 0. The van der Waals surface area contributed by atoms with Crippen LogP contribution in [0.2, 0.25) is 0 Å². The summed E-state index contributed by atoms with van der Waals surface area (Å²) < 4.78 is 1.11. The van der Waals surface area contributed by atoms with Crippen LogP contribution in [0, 0.1) is 0 Å². The van der Waals surface area contributed by atoms with Gasteiger partial charge < -0.3 is 5.32 Å². The molecule has 0 aliphatic carbocycles. The molecule has 0 spiro atoms.